The number of thiazole rings is 1. The minimum Gasteiger partial charge on any atom is -0.383 e. The molecule has 0 atom stereocenters. The molecule has 1 aromatic heterocycles. The maximum atomic E-state index is 11.8. The van der Waals surface area contributed by atoms with E-state index in [2.05, 4.69) is 15.6 Å². The fourth-order valence-electron chi connectivity index (χ4n) is 1.47. The Morgan fingerprint density at radius 1 is 1.45 bits per heavy atom. The van der Waals surface area contributed by atoms with Gasteiger partial charge in [0.2, 0.25) is 0 Å². The van der Waals surface area contributed by atoms with Gasteiger partial charge in [0.05, 0.1) is 17.3 Å². The molecule has 1 aromatic carbocycles. The Morgan fingerprint density at radius 2 is 2.25 bits per heavy atom. The van der Waals surface area contributed by atoms with Crippen molar-refractivity contribution in [3.05, 3.63) is 40.4 Å². The average Bonchev–Trinajstić information content (AvgIpc) is 2.90. The van der Waals surface area contributed by atoms with Crippen molar-refractivity contribution in [2.45, 2.75) is 0 Å². The number of benzene rings is 1. The summed E-state index contributed by atoms with van der Waals surface area (Å²) in [6.07, 6.45) is 0. The van der Waals surface area contributed by atoms with Gasteiger partial charge in [-0.05, 0) is 12.1 Å². The molecule has 0 aliphatic rings. The zero-order chi connectivity index (χ0) is 14.4. The van der Waals surface area contributed by atoms with E-state index in [1.54, 1.807) is 18.6 Å². The van der Waals surface area contributed by atoms with Crippen molar-refractivity contribution in [1.82, 2.24) is 10.3 Å². The van der Waals surface area contributed by atoms with Gasteiger partial charge in [0.1, 0.15) is 5.69 Å². The molecule has 1 amide bonds. The van der Waals surface area contributed by atoms with Crippen LogP contribution in [0.3, 0.4) is 0 Å². The van der Waals surface area contributed by atoms with Crippen LogP contribution in [-0.2, 0) is 4.74 Å². The lowest BCUT2D eigenvalue weighted by atomic mass is 10.3. The van der Waals surface area contributed by atoms with Crippen LogP contribution >= 0.6 is 22.9 Å². The summed E-state index contributed by atoms with van der Waals surface area (Å²) in [5.74, 6) is -0.217. The van der Waals surface area contributed by atoms with Gasteiger partial charge in [-0.2, -0.15) is 0 Å². The summed E-state index contributed by atoms with van der Waals surface area (Å²) in [6, 6.07) is 7.36. The number of nitrogens with one attached hydrogen (secondary N) is 2. The summed E-state index contributed by atoms with van der Waals surface area (Å²) in [5.41, 5.74) is 1.13. The van der Waals surface area contributed by atoms with E-state index >= 15 is 0 Å². The van der Waals surface area contributed by atoms with Crippen molar-refractivity contribution < 1.29 is 9.53 Å². The van der Waals surface area contributed by atoms with E-state index in [1.165, 1.54) is 11.3 Å². The molecular weight excluding hydrogens is 298 g/mol. The zero-order valence-corrected chi connectivity index (χ0v) is 12.4. The van der Waals surface area contributed by atoms with Gasteiger partial charge in [-0.25, -0.2) is 4.98 Å². The molecule has 0 saturated carbocycles. The number of halogens is 1. The summed E-state index contributed by atoms with van der Waals surface area (Å²) in [7, 11) is 1.58. The lowest BCUT2D eigenvalue weighted by molar-refractivity contribution is 0.0933. The van der Waals surface area contributed by atoms with Crippen molar-refractivity contribution in [2.24, 2.45) is 0 Å². The van der Waals surface area contributed by atoms with Crippen LogP contribution in [0.15, 0.2) is 29.6 Å². The summed E-state index contributed by atoms with van der Waals surface area (Å²) >= 11 is 7.40. The number of methoxy groups -OCH3 is 1. The average molecular weight is 312 g/mol. The highest BCUT2D eigenvalue weighted by atomic mass is 35.5. The molecule has 0 spiro atoms. The molecule has 106 valence electrons. The van der Waals surface area contributed by atoms with Crippen LogP contribution in [-0.4, -0.2) is 31.2 Å². The van der Waals surface area contributed by atoms with Crippen molar-refractivity contribution in [3.8, 4) is 0 Å². The molecule has 0 fully saturated rings. The molecule has 0 aliphatic heterocycles. The summed E-state index contributed by atoms with van der Waals surface area (Å²) in [6.45, 7) is 0.931. The lowest BCUT2D eigenvalue weighted by Crippen LogP contribution is -2.27. The Kier molecular flexibility index (Phi) is 5.34. The first-order valence-electron chi connectivity index (χ1n) is 5.95. The molecule has 1 heterocycles. The molecule has 7 heteroatoms. The van der Waals surface area contributed by atoms with E-state index in [0.29, 0.717) is 29.0 Å². The summed E-state index contributed by atoms with van der Waals surface area (Å²) < 4.78 is 4.87. The van der Waals surface area contributed by atoms with Gasteiger partial charge in [0.15, 0.2) is 5.13 Å². The molecule has 0 bridgehead atoms. The van der Waals surface area contributed by atoms with Crippen LogP contribution in [0, 0.1) is 0 Å². The molecule has 0 saturated heterocycles. The second-order valence-electron chi connectivity index (χ2n) is 3.89. The fourth-order valence-corrected chi connectivity index (χ4v) is 2.36. The van der Waals surface area contributed by atoms with Crippen LogP contribution in [0.1, 0.15) is 10.5 Å². The maximum Gasteiger partial charge on any atom is 0.270 e. The molecular formula is C13H14ClN3O2S. The lowest BCUT2D eigenvalue weighted by Gasteiger charge is -2.04. The third-order valence-electron chi connectivity index (χ3n) is 2.44. The number of carbonyl (C=O) groups is 1. The van der Waals surface area contributed by atoms with Crippen molar-refractivity contribution >= 4 is 39.7 Å². The number of nitrogens with zero attached hydrogens (tertiary/aromatic N) is 1. The molecule has 0 radical (unpaired) electrons. The third-order valence-corrected chi connectivity index (χ3v) is 3.53. The first-order chi connectivity index (χ1) is 9.70. The Morgan fingerprint density at radius 3 is 3.00 bits per heavy atom. The fraction of sp³-hybridized carbons (Fsp3) is 0.231. The van der Waals surface area contributed by atoms with Gasteiger partial charge in [-0.1, -0.05) is 23.7 Å². The highest BCUT2D eigenvalue weighted by Gasteiger charge is 2.10. The monoisotopic (exact) mass is 311 g/mol. The smallest absolute Gasteiger partial charge is 0.270 e. The largest absolute Gasteiger partial charge is 0.383 e. The van der Waals surface area contributed by atoms with Gasteiger partial charge in [0, 0.05) is 19.0 Å². The van der Waals surface area contributed by atoms with Gasteiger partial charge in [-0.3, -0.25) is 4.79 Å². The van der Waals surface area contributed by atoms with Crippen molar-refractivity contribution in [3.63, 3.8) is 0 Å². The van der Waals surface area contributed by atoms with Crippen LogP contribution in [0.2, 0.25) is 5.02 Å². The number of ether oxygens (including phenoxy) is 1. The molecule has 2 N–H and O–H groups in total. The number of carbonyl (C=O) groups excluding carboxylic acids is 1. The van der Waals surface area contributed by atoms with E-state index in [4.69, 9.17) is 16.3 Å². The highest BCUT2D eigenvalue weighted by Crippen LogP contribution is 2.26. The first-order valence-corrected chi connectivity index (χ1v) is 7.20. The second kappa shape index (κ2) is 7.23. The quantitative estimate of drug-likeness (QED) is 0.805. The van der Waals surface area contributed by atoms with E-state index in [1.807, 2.05) is 18.2 Å². The predicted molar refractivity (Wildman–Crippen MR) is 81.1 cm³/mol. The Bertz CT molecular complexity index is 589. The van der Waals surface area contributed by atoms with Crippen LogP contribution in [0.5, 0.6) is 0 Å². The number of aromatic nitrogens is 1. The second-order valence-corrected chi connectivity index (χ2v) is 5.16. The van der Waals surface area contributed by atoms with E-state index in [-0.39, 0.29) is 5.91 Å². The Hall–Kier alpha value is -1.63. The number of amides is 1. The Labute approximate surface area is 125 Å². The molecule has 20 heavy (non-hydrogen) atoms. The normalized spacial score (nSPS) is 10.3. The van der Waals surface area contributed by atoms with Crippen LogP contribution in [0.4, 0.5) is 10.8 Å². The van der Waals surface area contributed by atoms with Gasteiger partial charge in [-0.15, -0.1) is 11.3 Å². The molecule has 5 nitrogen and oxygen atoms in total. The Balaban J connectivity index is 1.99. The van der Waals surface area contributed by atoms with Crippen molar-refractivity contribution in [2.75, 3.05) is 25.6 Å². The summed E-state index contributed by atoms with van der Waals surface area (Å²) in [5, 5.41) is 8.72. The summed E-state index contributed by atoms with van der Waals surface area (Å²) in [4.78, 5) is 16.0. The number of para-hydroxylation sites is 1. The minimum atomic E-state index is -0.217. The van der Waals surface area contributed by atoms with E-state index < -0.39 is 0 Å². The van der Waals surface area contributed by atoms with Gasteiger partial charge in [0.25, 0.3) is 5.91 Å². The van der Waals surface area contributed by atoms with Crippen LogP contribution in [0.25, 0.3) is 0 Å². The molecule has 0 aliphatic carbocycles. The highest BCUT2D eigenvalue weighted by molar-refractivity contribution is 7.14. The molecule has 2 aromatic rings. The number of hydrogen-bond acceptors (Lipinski definition) is 5. The zero-order valence-electron chi connectivity index (χ0n) is 10.9. The van der Waals surface area contributed by atoms with Gasteiger partial charge < -0.3 is 15.4 Å². The topological polar surface area (TPSA) is 63.2 Å². The standard InChI is InChI=1S/C13H14ClN3O2S/c1-19-7-6-15-12(18)11-8-20-13(17-11)16-10-5-3-2-4-9(10)14/h2-5,8H,6-7H2,1H3,(H,15,18)(H,16,17). The third kappa shape index (κ3) is 3.93. The SMILES string of the molecule is COCCNC(=O)c1csc(Nc2ccccc2Cl)n1. The number of anilines is 2. The van der Waals surface area contributed by atoms with E-state index in [0.717, 1.165) is 5.69 Å². The van der Waals surface area contributed by atoms with Gasteiger partial charge >= 0.3 is 0 Å². The predicted octanol–water partition coefficient (Wildman–Crippen LogP) is 2.92. The number of rotatable bonds is 6. The number of hydrogen-bond donors (Lipinski definition) is 2. The van der Waals surface area contributed by atoms with E-state index in [9.17, 15) is 4.79 Å². The van der Waals surface area contributed by atoms with Crippen LogP contribution < -0.4 is 10.6 Å². The molecule has 2 rings (SSSR count). The molecule has 0 unspecified atom stereocenters. The van der Waals surface area contributed by atoms with Crippen molar-refractivity contribution in [1.29, 1.82) is 0 Å². The minimum absolute atomic E-state index is 0.217. The maximum absolute atomic E-state index is 11.8. The first kappa shape index (κ1) is 14.8.